The predicted molar refractivity (Wildman–Crippen MR) is 86.5 cm³/mol. The fourth-order valence-electron chi connectivity index (χ4n) is 2.23. The Hall–Kier alpha value is -2.16. The molecule has 124 valence electrons. The number of nitrogens with one attached hydrogen (secondary N) is 1. The first-order chi connectivity index (χ1) is 10.8. The second-order valence-corrected chi connectivity index (χ2v) is 5.98. The number of aromatic nitrogens is 4. The summed E-state index contributed by atoms with van der Waals surface area (Å²) in [6, 6.07) is 0. The molecule has 2 rings (SSSR count). The van der Waals surface area contributed by atoms with Crippen LogP contribution in [0.1, 0.15) is 38.7 Å². The Labute approximate surface area is 141 Å². The van der Waals surface area contributed by atoms with Crippen LogP contribution in [0.5, 0.6) is 0 Å². The molecule has 1 amide bonds. The van der Waals surface area contributed by atoms with Gasteiger partial charge in [-0.3, -0.25) is 14.2 Å². The Morgan fingerprint density at radius 1 is 1.35 bits per heavy atom. The second kappa shape index (κ2) is 6.95. The highest BCUT2D eigenvalue weighted by atomic mass is 79.9. The lowest BCUT2D eigenvalue weighted by atomic mass is 10.2. The van der Waals surface area contributed by atoms with E-state index in [1.807, 2.05) is 18.5 Å². The van der Waals surface area contributed by atoms with Gasteiger partial charge in [0.25, 0.3) is 5.91 Å². The monoisotopic (exact) mass is 383 g/mol. The summed E-state index contributed by atoms with van der Waals surface area (Å²) in [6.07, 6.45) is 2.08. The number of rotatable bonds is 6. The summed E-state index contributed by atoms with van der Waals surface area (Å²) >= 11 is 3.47. The fourth-order valence-corrected chi connectivity index (χ4v) is 2.52. The highest BCUT2D eigenvalue weighted by Crippen LogP contribution is 2.19. The van der Waals surface area contributed by atoms with Crippen LogP contribution in [0.2, 0.25) is 0 Å². The van der Waals surface area contributed by atoms with Gasteiger partial charge in [-0.25, -0.2) is 4.79 Å². The van der Waals surface area contributed by atoms with Crippen molar-refractivity contribution in [2.24, 2.45) is 7.05 Å². The Morgan fingerprint density at radius 2 is 2.04 bits per heavy atom. The Kier molecular flexibility index (Phi) is 5.19. The summed E-state index contributed by atoms with van der Waals surface area (Å²) in [7, 11) is 1.57. The second-order valence-electron chi connectivity index (χ2n) is 5.19. The van der Waals surface area contributed by atoms with E-state index < -0.39 is 11.9 Å². The number of aryl methyl sites for hydroxylation is 3. The molecule has 8 nitrogen and oxygen atoms in total. The maximum atomic E-state index is 12.1. The lowest BCUT2D eigenvalue weighted by Gasteiger charge is -2.06. The molecule has 0 aliphatic heterocycles. The standard InChI is InChI=1S/C14H18BrN5O3/c1-8-11(15)9(2)20(17-8)6-4-5-16-13(21)10-7-19(3)18-12(10)14(22)23/h7H,4-6H2,1-3H3,(H,16,21)(H,22,23). The molecule has 0 aromatic carbocycles. The van der Waals surface area contributed by atoms with Crippen LogP contribution in [-0.2, 0) is 13.6 Å². The van der Waals surface area contributed by atoms with Crippen LogP contribution >= 0.6 is 15.9 Å². The van der Waals surface area contributed by atoms with Gasteiger partial charge in [-0.2, -0.15) is 10.2 Å². The minimum atomic E-state index is -1.22. The summed E-state index contributed by atoms with van der Waals surface area (Å²) in [5.41, 5.74) is 1.78. The molecule has 0 aliphatic carbocycles. The van der Waals surface area contributed by atoms with Crippen molar-refractivity contribution in [1.82, 2.24) is 24.9 Å². The van der Waals surface area contributed by atoms with E-state index in [1.54, 1.807) is 7.05 Å². The van der Waals surface area contributed by atoms with Crippen LogP contribution in [0, 0.1) is 13.8 Å². The van der Waals surface area contributed by atoms with Gasteiger partial charge in [0.15, 0.2) is 5.69 Å². The average Bonchev–Trinajstić information content (AvgIpc) is 3.00. The molecule has 0 radical (unpaired) electrons. The number of carboxylic acids is 1. The van der Waals surface area contributed by atoms with E-state index in [2.05, 4.69) is 31.4 Å². The van der Waals surface area contributed by atoms with Crippen molar-refractivity contribution in [3.63, 3.8) is 0 Å². The third kappa shape index (κ3) is 3.79. The zero-order valence-corrected chi connectivity index (χ0v) is 14.7. The van der Waals surface area contributed by atoms with Gasteiger partial charge in [-0.1, -0.05) is 0 Å². The van der Waals surface area contributed by atoms with Crippen LogP contribution in [0.4, 0.5) is 0 Å². The van der Waals surface area contributed by atoms with Gasteiger partial charge < -0.3 is 10.4 Å². The van der Waals surface area contributed by atoms with Gasteiger partial charge in [0.2, 0.25) is 0 Å². The Balaban J connectivity index is 1.90. The molecule has 0 bridgehead atoms. The first kappa shape index (κ1) is 17.2. The lowest BCUT2D eigenvalue weighted by Crippen LogP contribution is -2.26. The van der Waals surface area contributed by atoms with Crippen LogP contribution in [-0.4, -0.2) is 43.1 Å². The maximum absolute atomic E-state index is 12.1. The molecule has 9 heteroatoms. The van der Waals surface area contributed by atoms with E-state index >= 15 is 0 Å². The van der Waals surface area contributed by atoms with Gasteiger partial charge in [0.05, 0.1) is 15.7 Å². The van der Waals surface area contributed by atoms with Gasteiger partial charge in [-0.05, 0) is 36.2 Å². The minimum Gasteiger partial charge on any atom is -0.476 e. The van der Waals surface area contributed by atoms with Crippen molar-refractivity contribution in [2.75, 3.05) is 6.54 Å². The van der Waals surface area contributed by atoms with Crippen molar-refractivity contribution in [3.8, 4) is 0 Å². The van der Waals surface area contributed by atoms with Crippen LogP contribution < -0.4 is 5.32 Å². The molecule has 0 saturated heterocycles. The van der Waals surface area contributed by atoms with Crippen molar-refractivity contribution in [3.05, 3.63) is 33.3 Å². The van der Waals surface area contributed by atoms with Crippen molar-refractivity contribution >= 4 is 27.8 Å². The van der Waals surface area contributed by atoms with E-state index in [9.17, 15) is 9.59 Å². The lowest BCUT2D eigenvalue weighted by molar-refractivity contribution is 0.0684. The van der Waals surface area contributed by atoms with E-state index in [0.717, 1.165) is 15.9 Å². The van der Waals surface area contributed by atoms with Crippen LogP contribution in [0.15, 0.2) is 10.7 Å². The zero-order valence-electron chi connectivity index (χ0n) is 13.1. The van der Waals surface area contributed by atoms with Gasteiger partial charge in [0.1, 0.15) is 0 Å². The molecule has 2 aromatic heterocycles. The van der Waals surface area contributed by atoms with Gasteiger partial charge >= 0.3 is 5.97 Å². The third-order valence-corrected chi connectivity index (χ3v) is 4.55. The first-order valence-electron chi connectivity index (χ1n) is 7.06. The number of carbonyl (C=O) groups is 2. The van der Waals surface area contributed by atoms with Crippen LogP contribution in [0.25, 0.3) is 0 Å². The largest absolute Gasteiger partial charge is 0.476 e. The number of hydrogen-bond acceptors (Lipinski definition) is 4. The number of carbonyl (C=O) groups excluding carboxylic acids is 1. The Bertz CT molecular complexity index is 750. The van der Waals surface area contributed by atoms with Crippen molar-refractivity contribution in [2.45, 2.75) is 26.8 Å². The predicted octanol–water partition coefficient (Wildman–Crippen LogP) is 1.51. The summed E-state index contributed by atoms with van der Waals surface area (Å²) in [4.78, 5) is 23.1. The highest BCUT2D eigenvalue weighted by molar-refractivity contribution is 9.10. The molecule has 0 fully saturated rings. The highest BCUT2D eigenvalue weighted by Gasteiger charge is 2.20. The van der Waals surface area contributed by atoms with E-state index in [-0.39, 0.29) is 11.3 Å². The van der Waals surface area contributed by atoms with Gasteiger partial charge in [-0.15, -0.1) is 0 Å². The van der Waals surface area contributed by atoms with Gasteiger partial charge in [0, 0.05) is 32.0 Å². The molecule has 23 heavy (non-hydrogen) atoms. The minimum absolute atomic E-state index is 0.0638. The molecule has 0 spiro atoms. The van der Waals surface area contributed by atoms with Crippen molar-refractivity contribution in [1.29, 1.82) is 0 Å². The van der Waals surface area contributed by atoms with E-state index in [4.69, 9.17) is 5.11 Å². The molecule has 0 atom stereocenters. The molecule has 2 aromatic rings. The fraction of sp³-hybridized carbons (Fsp3) is 0.429. The van der Waals surface area contributed by atoms with E-state index in [1.165, 1.54) is 10.9 Å². The number of nitrogens with zero attached hydrogens (tertiary/aromatic N) is 4. The SMILES string of the molecule is Cc1nn(CCCNC(=O)c2cn(C)nc2C(=O)O)c(C)c1Br. The summed E-state index contributed by atoms with van der Waals surface area (Å²) < 4.78 is 4.17. The molecule has 2 heterocycles. The molecule has 0 saturated carbocycles. The molecule has 0 unspecified atom stereocenters. The number of hydrogen-bond donors (Lipinski definition) is 2. The maximum Gasteiger partial charge on any atom is 0.357 e. The molecular formula is C14H18BrN5O3. The number of amides is 1. The van der Waals surface area contributed by atoms with Crippen molar-refractivity contribution < 1.29 is 14.7 Å². The molecular weight excluding hydrogens is 366 g/mol. The summed E-state index contributed by atoms with van der Waals surface area (Å²) in [5, 5.41) is 19.9. The average molecular weight is 384 g/mol. The number of carboxylic acid groups (broad SMARTS) is 1. The third-order valence-electron chi connectivity index (χ3n) is 3.40. The smallest absolute Gasteiger partial charge is 0.357 e. The zero-order chi connectivity index (χ0) is 17.1. The van der Waals surface area contributed by atoms with E-state index in [0.29, 0.717) is 19.5 Å². The number of aromatic carboxylic acids is 1. The number of halogens is 1. The molecule has 2 N–H and O–H groups in total. The topological polar surface area (TPSA) is 102 Å². The first-order valence-corrected chi connectivity index (χ1v) is 7.85. The normalized spacial score (nSPS) is 10.8. The summed E-state index contributed by atoms with van der Waals surface area (Å²) in [6.45, 7) is 4.97. The molecule has 0 aliphatic rings. The van der Waals surface area contributed by atoms with Crippen LogP contribution in [0.3, 0.4) is 0 Å². The summed E-state index contributed by atoms with van der Waals surface area (Å²) in [5.74, 6) is -1.66. The quantitative estimate of drug-likeness (QED) is 0.736. The Morgan fingerprint density at radius 3 is 2.61 bits per heavy atom.